The van der Waals surface area contributed by atoms with Gasteiger partial charge in [0.2, 0.25) is 0 Å². The van der Waals surface area contributed by atoms with Gasteiger partial charge in [0.05, 0.1) is 60.2 Å². The highest BCUT2D eigenvalue weighted by molar-refractivity contribution is 7.26. The van der Waals surface area contributed by atoms with Gasteiger partial charge in [-0.1, -0.05) is 127 Å². The van der Waals surface area contributed by atoms with Crippen LogP contribution in [0.2, 0.25) is 0 Å². The van der Waals surface area contributed by atoms with Crippen molar-refractivity contribution in [2.75, 3.05) is 0 Å². The molecule has 0 atom stereocenters. The van der Waals surface area contributed by atoms with Crippen LogP contribution in [0.5, 0.6) is 0 Å². The molecular weight excluding hydrogens is 809 g/mol. The zero-order chi connectivity index (χ0) is 42.3. The highest BCUT2D eigenvalue weighted by atomic mass is 32.1. The zero-order valence-electron chi connectivity index (χ0n) is 35.0. The van der Waals surface area contributed by atoms with E-state index in [1.54, 1.807) is 0 Å². The maximum Gasteiger partial charge on any atom is 0.0640 e. The molecule has 0 spiro atoms. The summed E-state index contributed by atoms with van der Waals surface area (Å²) in [5.74, 6) is 0. The maximum atomic E-state index is 2.50. The SMILES string of the molecule is c1cc(-n2c3ccccc3c3cc(-n4c5ccccc5c5ccccc54)ccc32)c2c(c1)sc1c(-n3c4ccccc4c4cc(-n5c6ccccc6c6ccccc65)ccc43)cccc12. The van der Waals surface area contributed by atoms with Crippen molar-refractivity contribution in [3.05, 3.63) is 218 Å². The van der Waals surface area contributed by atoms with Gasteiger partial charge in [-0.05, 0) is 91.0 Å². The first kappa shape index (κ1) is 35.1. The summed E-state index contributed by atoms with van der Waals surface area (Å²) in [6, 6.07) is 80.6. The lowest BCUT2D eigenvalue weighted by Gasteiger charge is -2.12. The highest BCUT2D eigenvalue weighted by Gasteiger charge is 2.22. The Bertz CT molecular complexity index is 4380. The normalized spacial score (nSPS) is 12.3. The molecule has 0 saturated heterocycles. The molecule has 0 aliphatic heterocycles. The topological polar surface area (TPSA) is 19.7 Å². The van der Waals surface area contributed by atoms with Gasteiger partial charge in [0.25, 0.3) is 0 Å². The molecule has 0 aliphatic carbocycles. The third-order valence-electron chi connectivity index (χ3n) is 14.0. The number of hydrogen-bond donors (Lipinski definition) is 0. The summed E-state index contributed by atoms with van der Waals surface area (Å²) < 4.78 is 12.4. The lowest BCUT2D eigenvalue weighted by Crippen LogP contribution is -1.97. The molecule has 0 aliphatic rings. The molecule has 65 heavy (non-hydrogen) atoms. The van der Waals surface area contributed by atoms with Gasteiger partial charge in [0.1, 0.15) is 0 Å². The second-order valence-corrected chi connectivity index (χ2v) is 18.3. The van der Waals surface area contributed by atoms with Crippen LogP contribution in [0.25, 0.3) is 130 Å². The molecule has 5 heteroatoms. The van der Waals surface area contributed by atoms with Crippen LogP contribution in [0.3, 0.4) is 0 Å². The molecule has 0 fully saturated rings. The van der Waals surface area contributed by atoms with E-state index in [4.69, 9.17) is 0 Å². The Balaban J connectivity index is 0.946. The van der Waals surface area contributed by atoms with E-state index in [0.717, 1.165) is 11.4 Å². The number of para-hydroxylation sites is 6. The van der Waals surface area contributed by atoms with E-state index in [1.807, 2.05) is 11.3 Å². The number of rotatable bonds is 4. The average molecular weight is 845 g/mol. The molecule has 10 aromatic carbocycles. The van der Waals surface area contributed by atoms with Crippen molar-refractivity contribution in [1.29, 1.82) is 0 Å². The van der Waals surface area contributed by atoms with Crippen LogP contribution in [0.15, 0.2) is 218 Å². The summed E-state index contributed by atoms with van der Waals surface area (Å²) >= 11 is 1.89. The Morgan fingerprint density at radius 2 is 0.585 bits per heavy atom. The van der Waals surface area contributed by atoms with Crippen LogP contribution >= 0.6 is 11.3 Å². The minimum absolute atomic E-state index is 1.16. The van der Waals surface area contributed by atoms with E-state index in [0.29, 0.717) is 0 Å². The van der Waals surface area contributed by atoms with E-state index >= 15 is 0 Å². The van der Waals surface area contributed by atoms with Gasteiger partial charge >= 0.3 is 0 Å². The minimum Gasteiger partial charge on any atom is -0.309 e. The molecule has 0 amide bonds. The molecule has 0 unspecified atom stereocenters. The molecule has 0 bridgehead atoms. The highest BCUT2D eigenvalue weighted by Crippen LogP contribution is 2.45. The van der Waals surface area contributed by atoms with Gasteiger partial charge in [-0.15, -0.1) is 11.3 Å². The molecule has 0 radical (unpaired) electrons. The first-order valence-corrected chi connectivity index (χ1v) is 23.1. The van der Waals surface area contributed by atoms with E-state index in [9.17, 15) is 0 Å². The lowest BCUT2D eigenvalue weighted by molar-refractivity contribution is 1.17. The number of nitrogens with zero attached hydrogens (tertiary/aromatic N) is 4. The summed E-state index contributed by atoms with van der Waals surface area (Å²) in [4.78, 5) is 0. The fraction of sp³-hybridized carbons (Fsp3) is 0. The fourth-order valence-corrected chi connectivity index (χ4v) is 12.5. The zero-order valence-corrected chi connectivity index (χ0v) is 35.8. The van der Waals surface area contributed by atoms with Crippen molar-refractivity contribution in [1.82, 2.24) is 18.3 Å². The van der Waals surface area contributed by atoms with Crippen LogP contribution in [-0.4, -0.2) is 18.3 Å². The monoisotopic (exact) mass is 844 g/mol. The molecule has 15 aromatic rings. The van der Waals surface area contributed by atoms with Crippen molar-refractivity contribution >= 4 is 119 Å². The van der Waals surface area contributed by atoms with Gasteiger partial charge < -0.3 is 18.3 Å². The van der Waals surface area contributed by atoms with Crippen LogP contribution in [0.1, 0.15) is 0 Å². The van der Waals surface area contributed by atoms with Crippen molar-refractivity contribution < 1.29 is 0 Å². The fourth-order valence-electron chi connectivity index (χ4n) is 11.3. The molecule has 302 valence electrons. The molecule has 15 rings (SSSR count). The van der Waals surface area contributed by atoms with Gasteiger partial charge in [-0.2, -0.15) is 0 Å². The largest absolute Gasteiger partial charge is 0.309 e. The molecule has 0 saturated carbocycles. The quantitative estimate of drug-likeness (QED) is 0.168. The lowest BCUT2D eigenvalue weighted by atomic mass is 10.1. The number of benzene rings is 10. The van der Waals surface area contributed by atoms with Gasteiger partial charge in [-0.25, -0.2) is 0 Å². The molecule has 5 heterocycles. The molecule has 4 nitrogen and oxygen atoms in total. The van der Waals surface area contributed by atoms with Crippen molar-refractivity contribution in [2.45, 2.75) is 0 Å². The Hall–Kier alpha value is -8.38. The van der Waals surface area contributed by atoms with Crippen LogP contribution in [0.4, 0.5) is 0 Å². The maximum absolute atomic E-state index is 2.50. The second-order valence-electron chi connectivity index (χ2n) is 17.3. The van der Waals surface area contributed by atoms with Crippen molar-refractivity contribution in [3.63, 3.8) is 0 Å². The third kappa shape index (κ3) is 4.74. The van der Waals surface area contributed by atoms with E-state index in [2.05, 4.69) is 237 Å². The summed E-state index contributed by atoms with van der Waals surface area (Å²) in [5, 5.41) is 12.6. The first-order chi connectivity index (χ1) is 32.3. The molecular formula is C60H36N4S. The number of hydrogen-bond acceptors (Lipinski definition) is 1. The molecule has 0 N–H and O–H groups in total. The van der Waals surface area contributed by atoms with Crippen molar-refractivity contribution in [2.24, 2.45) is 0 Å². The van der Waals surface area contributed by atoms with Crippen LogP contribution in [0, 0.1) is 0 Å². The minimum atomic E-state index is 1.16. The summed E-state index contributed by atoms with van der Waals surface area (Å²) in [7, 11) is 0. The Kier molecular flexibility index (Phi) is 7.07. The van der Waals surface area contributed by atoms with E-state index < -0.39 is 0 Å². The summed E-state index contributed by atoms with van der Waals surface area (Å²) in [5.41, 5.74) is 14.4. The average Bonchev–Trinajstić information content (AvgIpc) is 4.17. The van der Waals surface area contributed by atoms with Crippen LogP contribution in [-0.2, 0) is 0 Å². The third-order valence-corrected chi connectivity index (χ3v) is 15.1. The van der Waals surface area contributed by atoms with E-state index in [-0.39, 0.29) is 0 Å². The first-order valence-electron chi connectivity index (χ1n) is 22.3. The Morgan fingerprint density at radius 1 is 0.246 bits per heavy atom. The standard InChI is InChI=1S/C60H36N4S/c1-7-22-48-39(15-1)40-16-2-8-23-49(40)61(48)37-31-33-54-46(35-37)43-19-5-11-26-52(43)63(54)56-28-14-30-58-59(56)45-21-13-29-57(60(45)65-58)64-53-27-12-6-20-44(53)47-36-38(32-34-55(47)64)62-50-24-9-3-17-41(50)42-18-4-10-25-51(42)62/h1-36H. The van der Waals surface area contributed by atoms with Gasteiger partial charge in [-0.3, -0.25) is 0 Å². The smallest absolute Gasteiger partial charge is 0.0640 e. The van der Waals surface area contributed by atoms with Crippen molar-refractivity contribution in [3.8, 4) is 22.7 Å². The predicted molar refractivity (Wildman–Crippen MR) is 277 cm³/mol. The predicted octanol–water partition coefficient (Wildman–Crippen LogP) is 16.4. The summed E-state index contributed by atoms with van der Waals surface area (Å²) in [6.45, 7) is 0. The number of fused-ring (bicyclic) bond motifs is 15. The Labute approximate surface area is 376 Å². The van der Waals surface area contributed by atoms with Crippen LogP contribution < -0.4 is 0 Å². The van der Waals surface area contributed by atoms with E-state index in [1.165, 1.54) is 119 Å². The number of aromatic nitrogens is 4. The van der Waals surface area contributed by atoms with Gasteiger partial charge in [0.15, 0.2) is 0 Å². The second kappa shape index (κ2) is 13.1. The Morgan fingerprint density at radius 3 is 1.05 bits per heavy atom. The van der Waals surface area contributed by atoms with Gasteiger partial charge in [0, 0.05) is 69.9 Å². The molecule has 5 aromatic heterocycles. The number of thiophene rings is 1. The summed E-state index contributed by atoms with van der Waals surface area (Å²) in [6.07, 6.45) is 0.